The standard InChI is InChI=1S/C12H17N3O3S/c1-19(17,18)15-8-4-10(5-9-15)12(16)14-11-2-6-13-7-3-11/h2-3,6-7,10H,4-5,8-9H2,1H3,(H,13,14,16). The van der Waals surface area contributed by atoms with E-state index >= 15 is 0 Å². The van der Waals surface area contributed by atoms with Crippen molar-refractivity contribution in [1.82, 2.24) is 9.29 Å². The van der Waals surface area contributed by atoms with Crippen molar-refractivity contribution in [3.63, 3.8) is 0 Å². The van der Waals surface area contributed by atoms with Gasteiger partial charge in [0.1, 0.15) is 0 Å². The van der Waals surface area contributed by atoms with Gasteiger partial charge in [-0.1, -0.05) is 0 Å². The molecule has 1 N–H and O–H groups in total. The Hall–Kier alpha value is -1.47. The van der Waals surface area contributed by atoms with Crippen LogP contribution in [0, 0.1) is 5.92 Å². The summed E-state index contributed by atoms with van der Waals surface area (Å²) in [5, 5.41) is 2.82. The van der Waals surface area contributed by atoms with Gasteiger partial charge in [0.25, 0.3) is 0 Å². The van der Waals surface area contributed by atoms with E-state index in [9.17, 15) is 13.2 Å². The van der Waals surface area contributed by atoms with Crippen molar-refractivity contribution in [2.24, 2.45) is 5.92 Å². The highest BCUT2D eigenvalue weighted by atomic mass is 32.2. The first-order valence-electron chi connectivity index (χ1n) is 6.13. The number of aromatic nitrogens is 1. The van der Waals surface area contributed by atoms with Gasteiger partial charge in [-0.15, -0.1) is 0 Å². The monoisotopic (exact) mass is 283 g/mol. The molecule has 0 unspecified atom stereocenters. The number of sulfonamides is 1. The molecular weight excluding hydrogens is 266 g/mol. The van der Waals surface area contributed by atoms with Gasteiger partial charge in [0, 0.05) is 37.1 Å². The van der Waals surface area contributed by atoms with Gasteiger partial charge in [0.2, 0.25) is 15.9 Å². The molecule has 0 saturated carbocycles. The van der Waals surface area contributed by atoms with E-state index in [0.717, 1.165) is 0 Å². The molecule has 1 fully saturated rings. The molecule has 104 valence electrons. The number of hydrogen-bond donors (Lipinski definition) is 1. The van der Waals surface area contributed by atoms with Crippen molar-refractivity contribution in [2.75, 3.05) is 24.7 Å². The van der Waals surface area contributed by atoms with Crippen molar-refractivity contribution in [2.45, 2.75) is 12.8 Å². The average molecular weight is 283 g/mol. The minimum absolute atomic E-state index is 0.0562. The van der Waals surface area contributed by atoms with Crippen molar-refractivity contribution in [3.8, 4) is 0 Å². The molecule has 1 amide bonds. The van der Waals surface area contributed by atoms with E-state index in [4.69, 9.17) is 0 Å². The minimum Gasteiger partial charge on any atom is -0.326 e. The summed E-state index contributed by atoms with van der Waals surface area (Å²) in [6.45, 7) is 0.820. The first-order valence-corrected chi connectivity index (χ1v) is 7.97. The number of pyridine rings is 1. The molecule has 2 rings (SSSR count). The zero-order chi connectivity index (χ0) is 13.9. The zero-order valence-electron chi connectivity index (χ0n) is 10.7. The Kier molecular flexibility index (Phi) is 4.16. The number of amides is 1. The lowest BCUT2D eigenvalue weighted by atomic mass is 9.97. The van der Waals surface area contributed by atoms with Gasteiger partial charge in [0.15, 0.2) is 0 Å². The van der Waals surface area contributed by atoms with E-state index in [2.05, 4.69) is 10.3 Å². The van der Waals surface area contributed by atoms with Gasteiger partial charge in [-0.3, -0.25) is 9.78 Å². The molecule has 0 aromatic carbocycles. The number of rotatable bonds is 3. The third-order valence-corrected chi connectivity index (χ3v) is 4.54. The highest BCUT2D eigenvalue weighted by Crippen LogP contribution is 2.20. The molecule has 0 atom stereocenters. The molecule has 7 heteroatoms. The quantitative estimate of drug-likeness (QED) is 0.885. The van der Waals surface area contributed by atoms with E-state index < -0.39 is 10.0 Å². The predicted molar refractivity (Wildman–Crippen MR) is 72.0 cm³/mol. The molecule has 0 aliphatic carbocycles. The summed E-state index contributed by atoms with van der Waals surface area (Å²) in [5.74, 6) is -0.189. The summed E-state index contributed by atoms with van der Waals surface area (Å²) in [7, 11) is -3.14. The summed E-state index contributed by atoms with van der Waals surface area (Å²) in [5.41, 5.74) is 0.713. The van der Waals surface area contributed by atoms with Crippen LogP contribution >= 0.6 is 0 Å². The molecule has 1 aliphatic heterocycles. The van der Waals surface area contributed by atoms with Crippen LogP contribution < -0.4 is 5.32 Å². The van der Waals surface area contributed by atoms with Crippen LogP contribution in [0.15, 0.2) is 24.5 Å². The second-order valence-electron chi connectivity index (χ2n) is 4.66. The molecule has 1 aromatic heterocycles. The molecule has 1 aliphatic rings. The van der Waals surface area contributed by atoms with Crippen molar-refractivity contribution in [3.05, 3.63) is 24.5 Å². The van der Waals surface area contributed by atoms with Crippen LogP contribution in [-0.4, -0.2) is 43.0 Å². The zero-order valence-corrected chi connectivity index (χ0v) is 11.6. The number of hydrogen-bond acceptors (Lipinski definition) is 4. The maximum atomic E-state index is 12.0. The molecule has 0 bridgehead atoms. The van der Waals surface area contributed by atoms with Crippen LogP contribution in [0.1, 0.15) is 12.8 Å². The lowest BCUT2D eigenvalue weighted by Gasteiger charge is -2.29. The van der Waals surface area contributed by atoms with E-state index in [0.29, 0.717) is 31.6 Å². The fourth-order valence-electron chi connectivity index (χ4n) is 2.13. The van der Waals surface area contributed by atoms with Crippen molar-refractivity contribution < 1.29 is 13.2 Å². The largest absolute Gasteiger partial charge is 0.326 e. The highest BCUT2D eigenvalue weighted by Gasteiger charge is 2.28. The summed E-state index contributed by atoms with van der Waals surface area (Å²) in [6, 6.07) is 3.45. The van der Waals surface area contributed by atoms with Gasteiger partial charge in [-0.25, -0.2) is 12.7 Å². The Morgan fingerprint density at radius 2 is 1.89 bits per heavy atom. The lowest BCUT2D eigenvalue weighted by Crippen LogP contribution is -2.40. The van der Waals surface area contributed by atoms with Gasteiger partial charge in [0.05, 0.1) is 6.26 Å². The van der Waals surface area contributed by atoms with E-state index in [1.165, 1.54) is 10.6 Å². The number of carbonyl (C=O) groups is 1. The summed E-state index contributed by atoms with van der Waals surface area (Å²) in [6.07, 6.45) is 5.54. The molecule has 1 aromatic rings. The van der Waals surface area contributed by atoms with E-state index in [1.807, 2.05) is 0 Å². The molecule has 2 heterocycles. The van der Waals surface area contributed by atoms with Crippen LogP contribution in [0.3, 0.4) is 0 Å². The number of nitrogens with zero attached hydrogens (tertiary/aromatic N) is 2. The number of piperidine rings is 1. The molecule has 19 heavy (non-hydrogen) atoms. The maximum Gasteiger partial charge on any atom is 0.227 e. The normalized spacial score (nSPS) is 18.2. The predicted octanol–water partition coefficient (Wildman–Crippen LogP) is 0.692. The molecule has 0 radical (unpaired) electrons. The van der Waals surface area contributed by atoms with Crippen LogP contribution in [0.25, 0.3) is 0 Å². The van der Waals surface area contributed by atoms with Gasteiger partial charge < -0.3 is 5.32 Å². The second-order valence-corrected chi connectivity index (χ2v) is 6.64. The van der Waals surface area contributed by atoms with E-state index in [1.54, 1.807) is 24.5 Å². The first-order chi connectivity index (χ1) is 8.97. The topological polar surface area (TPSA) is 79.4 Å². The summed E-state index contributed by atoms with van der Waals surface area (Å²) in [4.78, 5) is 15.9. The number of carbonyl (C=O) groups excluding carboxylic acids is 1. The number of anilines is 1. The lowest BCUT2D eigenvalue weighted by molar-refractivity contribution is -0.120. The van der Waals surface area contributed by atoms with Crippen LogP contribution in [0.4, 0.5) is 5.69 Å². The Balaban J connectivity index is 1.90. The highest BCUT2D eigenvalue weighted by molar-refractivity contribution is 7.88. The van der Waals surface area contributed by atoms with Crippen LogP contribution in [0.2, 0.25) is 0 Å². The second kappa shape index (κ2) is 5.66. The van der Waals surface area contributed by atoms with Gasteiger partial charge >= 0.3 is 0 Å². The molecule has 1 saturated heterocycles. The average Bonchev–Trinajstić information content (AvgIpc) is 2.39. The molecule has 0 spiro atoms. The Morgan fingerprint density at radius 1 is 1.32 bits per heavy atom. The van der Waals surface area contributed by atoms with Crippen LogP contribution in [-0.2, 0) is 14.8 Å². The maximum absolute atomic E-state index is 12.0. The van der Waals surface area contributed by atoms with Crippen LogP contribution in [0.5, 0.6) is 0 Å². The molecule has 6 nitrogen and oxygen atoms in total. The minimum atomic E-state index is -3.14. The Labute approximate surface area is 112 Å². The van der Waals surface area contributed by atoms with Crippen molar-refractivity contribution >= 4 is 21.6 Å². The fraction of sp³-hybridized carbons (Fsp3) is 0.500. The van der Waals surface area contributed by atoms with Gasteiger partial charge in [-0.2, -0.15) is 0 Å². The SMILES string of the molecule is CS(=O)(=O)N1CCC(C(=O)Nc2ccncc2)CC1. The Morgan fingerprint density at radius 3 is 2.42 bits per heavy atom. The first kappa shape index (κ1) is 14.0. The van der Waals surface area contributed by atoms with Crippen molar-refractivity contribution in [1.29, 1.82) is 0 Å². The smallest absolute Gasteiger partial charge is 0.227 e. The summed E-state index contributed by atoms with van der Waals surface area (Å²) < 4.78 is 24.2. The van der Waals surface area contributed by atoms with Gasteiger partial charge in [-0.05, 0) is 25.0 Å². The molecular formula is C12H17N3O3S. The number of nitrogens with one attached hydrogen (secondary N) is 1. The fourth-order valence-corrected chi connectivity index (χ4v) is 3.00. The third-order valence-electron chi connectivity index (χ3n) is 3.24. The van der Waals surface area contributed by atoms with E-state index in [-0.39, 0.29) is 11.8 Å². The summed E-state index contributed by atoms with van der Waals surface area (Å²) >= 11 is 0. The Bertz CT molecular complexity index is 537. The third kappa shape index (κ3) is 3.74.